The van der Waals surface area contributed by atoms with Crippen molar-refractivity contribution in [2.75, 3.05) is 20.1 Å². The molecule has 0 bridgehead atoms. The zero-order chi connectivity index (χ0) is 14.9. The van der Waals surface area contributed by atoms with E-state index < -0.39 is 26.6 Å². The maximum absolute atomic E-state index is 13.9. The fourth-order valence-corrected chi connectivity index (χ4v) is 4.46. The molecule has 1 fully saturated rings. The van der Waals surface area contributed by atoms with Crippen molar-refractivity contribution >= 4 is 38.4 Å². The van der Waals surface area contributed by atoms with Crippen LogP contribution in [0.2, 0.25) is 0 Å². The molecule has 0 aliphatic carbocycles. The molecule has 1 aliphatic heterocycles. The van der Waals surface area contributed by atoms with Gasteiger partial charge in [0.2, 0.25) is 10.0 Å². The van der Waals surface area contributed by atoms with E-state index >= 15 is 0 Å². The topological polar surface area (TPSA) is 49.4 Å². The first-order valence-corrected chi connectivity index (χ1v) is 8.42. The second kappa shape index (κ2) is 7.32. The predicted molar refractivity (Wildman–Crippen MR) is 82.1 cm³/mol. The molecule has 21 heavy (non-hydrogen) atoms. The highest BCUT2D eigenvalue weighted by Crippen LogP contribution is 2.29. The Morgan fingerprint density at radius 3 is 2.67 bits per heavy atom. The summed E-state index contributed by atoms with van der Waals surface area (Å²) in [4.78, 5) is -0.610. The lowest BCUT2D eigenvalue weighted by molar-refractivity contribution is 0.376. The van der Waals surface area contributed by atoms with Gasteiger partial charge >= 0.3 is 0 Å². The lowest BCUT2D eigenvalue weighted by atomic mass is 10.2. The summed E-state index contributed by atoms with van der Waals surface area (Å²) < 4.78 is 53.5. The van der Waals surface area contributed by atoms with Crippen molar-refractivity contribution in [2.45, 2.75) is 23.8 Å². The van der Waals surface area contributed by atoms with Gasteiger partial charge in [0.25, 0.3) is 0 Å². The van der Waals surface area contributed by atoms with Crippen LogP contribution in [0.4, 0.5) is 8.78 Å². The highest BCUT2D eigenvalue weighted by Gasteiger charge is 2.36. The lowest BCUT2D eigenvalue weighted by Crippen LogP contribution is -2.41. The van der Waals surface area contributed by atoms with Gasteiger partial charge in [0.1, 0.15) is 16.5 Å². The summed E-state index contributed by atoms with van der Waals surface area (Å²) in [5, 5.41) is 2.92. The molecule has 1 unspecified atom stereocenters. The summed E-state index contributed by atoms with van der Waals surface area (Å²) in [6.07, 6.45) is 1.42. The van der Waals surface area contributed by atoms with E-state index in [1.165, 1.54) is 4.31 Å². The van der Waals surface area contributed by atoms with Crippen LogP contribution in [-0.4, -0.2) is 38.9 Å². The molecular weight excluding hydrogens is 390 g/mol. The number of sulfonamides is 1. The number of likely N-dealkylation sites (N-methyl/N-ethyl adjacent to an activating group) is 1. The highest BCUT2D eigenvalue weighted by molar-refractivity contribution is 9.10. The van der Waals surface area contributed by atoms with E-state index in [1.54, 1.807) is 7.05 Å². The van der Waals surface area contributed by atoms with Crippen LogP contribution in [0, 0.1) is 11.6 Å². The molecule has 9 heteroatoms. The molecule has 0 spiro atoms. The van der Waals surface area contributed by atoms with Crippen molar-refractivity contribution in [3.63, 3.8) is 0 Å². The third-order valence-electron chi connectivity index (χ3n) is 3.32. The van der Waals surface area contributed by atoms with Crippen LogP contribution in [0.25, 0.3) is 0 Å². The maximum atomic E-state index is 13.9. The molecule has 1 saturated heterocycles. The largest absolute Gasteiger partial charge is 0.318 e. The fourth-order valence-electron chi connectivity index (χ4n) is 2.39. The van der Waals surface area contributed by atoms with Gasteiger partial charge < -0.3 is 5.32 Å². The monoisotopic (exact) mass is 404 g/mol. The lowest BCUT2D eigenvalue weighted by Gasteiger charge is -2.24. The van der Waals surface area contributed by atoms with E-state index in [-0.39, 0.29) is 22.9 Å². The number of hydrogen-bond donors (Lipinski definition) is 1. The van der Waals surface area contributed by atoms with Crippen LogP contribution in [0.3, 0.4) is 0 Å². The van der Waals surface area contributed by atoms with Crippen LogP contribution < -0.4 is 5.32 Å². The van der Waals surface area contributed by atoms with Gasteiger partial charge in [0.15, 0.2) is 0 Å². The zero-order valence-corrected chi connectivity index (χ0v) is 14.5. The first kappa shape index (κ1) is 18.8. The number of rotatable bonds is 4. The minimum absolute atomic E-state index is 0. The van der Waals surface area contributed by atoms with Crippen LogP contribution in [-0.2, 0) is 10.0 Å². The van der Waals surface area contributed by atoms with Gasteiger partial charge in [0, 0.05) is 19.1 Å². The first-order valence-electron chi connectivity index (χ1n) is 6.19. The van der Waals surface area contributed by atoms with Gasteiger partial charge in [-0.15, -0.1) is 12.4 Å². The summed E-state index contributed by atoms with van der Waals surface area (Å²) in [6, 6.07) is 1.34. The van der Waals surface area contributed by atoms with Crippen LogP contribution in [0.15, 0.2) is 21.5 Å². The molecule has 0 radical (unpaired) electrons. The SMILES string of the molecule is CNCC1CCCN1S(=O)(=O)c1cc(F)c(Br)cc1F.Cl. The Morgan fingerprint density at radius 1 is 1.38 bits per heavy atom. The fraction of sp³-hybridized carbons (Fsp3) is 0.500. The van der Waals surface area contributed by atoms with E-state index in [4.69, 9.17) is 0 Å². The van der Waals surface area contributed by atoms with E-state index in [2.05, 4.69) is 21.2 Å². The number of nitrogens with zero attached hydrogens (tertiary/aromatic N) is 1. The minimum Gasteiger partial charge on any atom is -0.318 e. The Morgan fingerprint density at radius 2 is 2.05 bits per heavy atom. The average Bonchev–Trinajstić information content (AvgIpc) is 2.83. The Kier molecular flexibility index (Phi) is 6.54. The van der Waals surface area contributed by atoms with E-state index in [1.807, 2.05) is 0 Å². The number of hydrogen-bond acceptors (Lipinski definition) is 3. The van der Waals surface area contributed by atoms with Crippen LogP contribution in [0.1, 0.15) is 12.8 Å². The normalized spacial score (nSPS) is 19.5. The average molecular weight is 406 g/mol. The van der Waals surface area contributed by atoms with Crippen molar-refractivity contribution in [1.82, 2.24) is 9.62 Å². The number of benzene rings is 1. The molecule has 0 saturated carbocycles. The smallest absolute Gasteiger partial charge is 0.246 e. The summed E-state index contributed by atoms with van der Waals surface area (Å²) in [6.45, 7) is 0.811. The molecule has 1 N–H and O–H groups in total. The van der Waals surface area contributed by atoms with Gasteiger partial charge in [-0.25, -0.2) is 17.2 Å². The number of nitrogens with one attached hydrogen (secondary N) is 1. The molecular formula is C12H16BrClF2N2O2S. The molecule has 1 aliphatic rings. The number of halogens is 4. The van der Waals surface area contributed by atoms with Crippen molar-refractivity contribution in [2.24, 2.45) is 0 Å². The Bertz CT molecular complexity index is 616. The third-order valence-corrected chi connectivity index (χ3v) is 5.90. The van der Waals surface area contributed by atoms with E-state index in [0.29, 0.717) is 25.9 Å². The molecule has 1 aromatic carbocycles. The Balaban J connectivity index is 0.00000220. The Labute approximate surface area is 137 Å². The highest BCUT2D eigenvalue weighted by atomic mass is 79.9. The summed E-state index contributed by atoms with van der Waals surface area (Å²) in [5.74, 6) is -1.75. The third kappa shape index (κ3) is 3.73. The molecule has 120 valence electrons. The zero-order valence-electron chi connectivity index (χ0n) is 11.3. The molecule has 1 atom stereocenters. The van der Waals surface area contributed by atoms with Crippen molar-refractivity contribution in [3.05, 3.63) is 28.2 Å². The van der Waals surface area contributed by atoms with Crippen molar-refractivity contribution < 1.29 is 17.2 Å². The van der Waals surface area contributed by atoms with Gasteiger partial charge in [-0.1, -0.05) is 0 Å². The van der Waals surface area contributed by atoms with Gasteiger partial charge in [-0.05, 0) is 48.0 Å². The minimum atomic E-state index is -4.02. The van der Waals surface area contributed by atoms with Crippen molar-refractivity contribution in [1.29, 1.82) is 0 Å². The Hall–Kier alpha value is -0.280. The van der Waals surface area contributed by atoms with Crippen molar-refractivity contribution in [3.8, 4) is 0 Å². The molecule has 4 nitrogen and oxygen atoms in total. The standard InChI is InChI=1S/C12H15BrF2N2O2S.ClH/c1-16-7-8-3-2-4-17(8)20(18,19)12-6-10(14)9(13)5-11(12)15;/h5-6,8,16H,2-4,7H2,1H3;1H. The predicted octanol–water partition coefficient (Wildman–Crippen LogP) is 2.52. The van der Waals surface area contributed by atoms with Gasteiger partial charge in [-0.3, -0.25) is 0 Å². The van der Waals surface area contributed by atoms with E-state index in [0.717, 1.165) is 12.1 Å². The summed E-state index contributed by atoms with van der Waals surface area (Å²) >= 11 is 2.83. The van der Waals surface area contributed by atoms with E-state index in [9.17, 15) is 17.2 Å². The van der Waals surface area contributed by atoms with Gasteiger partial charge in [-0.2, -0.15) is 4.31 Å². The molecule has 1 heterocycles. The molecule has 0 aromatic heterocycles. The summed E-state index contributed by atoms with van der Waals surface area (Å²) in [5.41, 5.74) is 0. The first-order chi connectivity index (χ1) is 9.37. The molecule has 2 rings (SSSR count). The quantitative estimate of drug-likeness (QED) is 0.783. The van der Waals surface area contributed by atoms with Crippen LogP contribution >= 0.6 is 28.3 Å². The van der Waals surface area contributed by atoms with Crippen LogP contribution in [0.5, 0.6) is 0 Å². The summed E-state index contributed by atoms with van der Waals surface area (Å²) in [7, 11) is -2.30. The second-order valence-corrected chi connectivity index (χ2v) is 7.38. The van der Waals surface area contributed by atoms with Gasteiger partial charge in [0.05, 0.1) is 4.47 Å². The maximum Gasteiger partial charge on any atom is 0.246 e. The molecule has 0 amide bonds. The second-order valence-electron chi connectivity index (χ2n) is 4.67. The molecule has 1 aromatic rings.